The number of hydrogen-bond acceptors (Lipinski definition) is 11. The van der Waals surface area contributed by atoms with Crippen molar-refractivity contribution in [3.63, 3.8) is 0 Å². The van der Waals surface area contributed by atoms with Gasteiger partial charge in [-0.05, 0) is 69.4 Å². The lowest BCUT2D eigenvalue weighted by atomic mass is 9.85. The number of nitrogens with one attached hydrogen (secondary N) is 3. The van der Waals surface area contributed by atoms with Gasteiger partial charge in [-0.15, -0.1) is 0 Å². The molecule has 2 bridgehead atoms. The second-order valence-corrected chi connectivity index (χ2v) is 18.6. The highest BCUT2D eigenvalue weighted by molar-refractivity contribution is 7.91. The maximum absolute atomic E-state index is 14.7. The minimum absolute atomic E-state index is 0.192. The zero-order valence-electron chi connectivity index (χ0n) is 32.6. The smallest absolute Gasteiger partial charge is 0.408 e. The molecule has 308 valence electrons. The predicted octanol–water partition coefficient (Wildman–Crippen LogP) is 4.02. The van der Waals surface area contributed by atoms with Crippen LogP contribution in [-0.2, 0) is 35.6 Å². The maximum Gasteiger partial charge on any atom is 0.408 e. The van der Waals surface area contributed by atoms with Crippen LogP contribution in [0, 0.1) is 17.3 Å². The summed E-state index contributed by atoms with van der Waals surface area (Å²) < 4.78 is 73.4. The second kappa shape index (κ2) is 15.9. The summed E-state index contributed by atoms with van der Waals surface area (Å²) >= 11 is 0. The zero-order chi connectivity index (χ0) is 40.7. The Bertz CT molecular complexity index is 1960. The van der Waals surface area contributed by atoms with E-state index in [9.17, 15) is 36.4 Å². The van der Waals surface area contributed by atoms with Crippen molar-refractivity contribution in [2.24, 2.45) is 17.3 Å². The van der Waals surface area contributed by atoms with E-state index in [1.165, 1.54) is 12.0 Å². The minimum Gasteiger partial charge on any atom is -0.497 e. The van der Waals surface area contributed by atoms with Crippen LogP contribution in [-0.4, -0.2) is 102 Å². The van der Waals surface area contributed by atoms with E-state index >= 15 is 0 Å². The number of carbonyl (C=O) groups is 4. The summed E-state index contributed by atoms with van der Waals surface area (Å²) in [6, 6.07) is 2.65. The van der Waals surface area contributed by atoms with Crippen LogP contribution in [0.2, 0.25) is 0 Å². The number of halogens is 2. The van der Waals surface area contributed by atoms with E-state index in [2.05, 4.69) is 10.6 Å². The molecule has 1 aromatic carbocycles. The number of carbonyl (C=O) groups excluding carboxylic acids is 4. The molecule has 2 aliphatic heterocycles. The fourth-order valence-corrected chi connectivity index (χ4v) is 8.97. The van der Waals surface area contributed by atoms with Gasteiger partial charge in [0.15, 0.2) is 0 Å². The molecule has 1 aromatic heterocycles. The van der Waals surface area contributed by atoms with E-state index in [0.29, 0.717) is 48.2 Å². The van der Waals surface area contributed by atoms with Crippen molar-refractivity contribution in [3.8, 4) is 11.6 Å². The summed E-state index contributed by atoms with van der Waals surface area (Å²) in [6.07, 6.45) is -0.702. The first kappa shape index (κ1) is 41.3. The van der Waals surface area contributed by atoms with Gasteiger partial charge < -0.3 is 29.7 Å². The van der Waals surface area contributed by atoms with Crippen LogP contribution in [0.4, 0.5) is 13.6 Å². The van der Waals surface area contributed by atoms with E-state index in [4.69, 9.17) is 24.2 Å². The number of sulfonamides is 1. The Morgan fingerprint density at radius 3 is 2.39 bits per heavy atom. The standard InChI is InChI=1S/C38H52F2N6O9S/c1-20-11-9-7-8-10-12-26-33(42-27-17-22(53-6)13-16-25(27)41-26)55-28-19-46(34(48)30(37(3,4)5)43-36(50)54-20)29(21(28)2)32(47)44-38(18-24(38)31(39)40)35(49)45-56(51,52)23-14-15-23/h13,16-17,20-21,23-24,28-31H,7-12,14-15,18-19H2,1-6H3,(H,43,50)(H,44,47)(H,45,49)/t20?,21-,24+,28+,29+,30-,38-/m1/s1. The maximum atomic E-state index is 14.7. The van der Waals surface area contributed by atoms with E-state index in [0.717, 1.165) is 25.7 Å². The molecule has 1 unspecified atom stereocenters. The summed E-state index contributed by atoms with van der Waals surface area (Å²) in [4.78, 5) is 66.7. The van der Waals surface area contributed by atoms with E-state index in [1.807, 2.05) is 4.72 Å². The molecular formula is C38H52F2N6O9S. The number of cyclic esters (lactones) is 1. The van der Waals surface area contributed by atoms with Crippen molar-refractivity contribution in [1.82, 2.24) is 30.2 Å². The number of ether oxygens (including phenoxy) is 3. The van der Waals surface area contributed by atoms with E-state index in [-0.39, 0.29) is 12.4 Å². The number of fused-ring (bicyclic) bond motifs is 4. The first-order valence-electron chi connectivity index (χ1n) is 19.3. The summed E-state index contributed by atoms with van der Waals surface area (Å²) in [5.41, 5.74) is -1.46. The summed E-state index contributed by atoms with van der Waals surface area (Å²) in [7, 11) is -2.61. The quantitative estimate of drug-likeness (QED) is 0.366. The van der Waals surface area contributed by atoms with Gasteiger partial charge in [0.2, 0.25) is 34.1 Å². The highest BCUT2D eigenvalue weighted by atomic mass is 32.2. The molecule has 2 aliphatic carbocycles. The molecule has 6 rings (SSSR count). The number of methoxy groups -OCH3 is 1. The number of benzene rings is 1. The number of alkyl carbamates (subject to hydrolysis) is 1. The third kappa shape index (κ3) is 8.79. The molecule has 4 amide bonds. The molecule has 0 spiro atoms. The van der Waals surface area contributed by atoms with Crippen molar-refractivity contribution < 1.29 is 50.6 Å². The van der Waals surface area contributed by atoms with Crippen LogP contribution < -0.4 is 24.8 Å². The summed E-state index contributed by atoms with van der Waals surface area (Å²) in [5.74, 6) is -4.63. The molecule has 3 N–H and O–H groups in total. The molecular weight excluding hydrogens is 755 g/mol. The Morgan fingerprint density at radius 2 is 1.75 bits per heavy atom. The van der Waals surface area contributed by atoms with E-state index < -0.39 is 99.0 Å². The average Bonchev–Trinajstić information content (AvgIpc) is 4.05. The Balaban J connectivity index is 1.38. The number of aryl methyl sites for hydroxylation is 1. The van der Waals surface area contributed by atoms with E-state index in [1.54, 1.807) is 52.8 Å². The average molecular weight is 807 g/mol. The van der Waals surface area contributed by atoms with Crippen molar-refractivity contribution in [2.75, 3.05) is 13.7 Å². The van der Waals surface area contributed by atoms with Crippen LogP contribution in [0.25, 0.3) is 11.0 Å². The molecule has 2 saturated carbocycles. The summed E-state index contributed by atoms with van der Waals surface area (Å²) in [5, 5.41) is 4.34. The number of nitrogens with zero attached hydrogens (tertiary/aromatic N) is 3. The number of amides is 4. The van der Waals surface area contributed by atoms with Gasteiger partial charge in [0.25, 0.3) is 5.91 Å². The van der Waals surface area contributed by atoms with Gasteiger partial charge in [0, 0.05) is 12.0 Å². The third-order valence-electron chi connectivity index (χ3n) is 11.2. The van der Waals surface area contributed by atoms with Crippen LogP contribution >= 0.6 is 0 Å². The SMILES string of the molecule is COc1ccc2nc3c(nc2c1)O[C@H]1CN(C(=O)[C@H](C(C)(C)C)NC(=O)OC(C)CCCCCC3)[C@H](C(=O)N[C@]2(C(=O)NS(=O)(=O)C3CC3)C[C@H]2C(F)F)[C@@H]1C. The van der Waals surface area contributed by atoms with Crippen LogP contribution in [0.15, 0.2) is 18.2 Å². The van der Waals surface area contributed by atoms with Crippen molar-refractivity contribution in [1.29, 1.82) is 0 Å². The highest BCUT2D eigenvalue weighted by Crippen LogP contribution is 2.49. The molecule has 18 heteroatoms. The number of aromatic nitrogens is 2. The zero-order valence-corrected chi connectivity index (χ0v) is 33.4. The predicted molar refractivity (Wildman–Crippen MR) is 199 cm³/mol. The molecule has 1 saturated heterocycles. The molecule has 7 atom stereocenters. The normalized spacial score (nSPS) is 29.3. The van der Waals surface area contributed by atoms with Gasteiger partial charge in [0.1, 0.15) is 41.3 Å². The monoisotopic (exact) mass is 806 g/mol. The molecule has 3 fully saturated rings. The van der Waals surface area contributed by atoms with Crippen LogP contribution in [0.1, 0.15) is 91.7 Å². The second-order valence-electron chi connectivity index (χ2n) is 16.7. The van der Waals surface area contributed by atoms with Gasteiger partial charge >= 0.3 is 6.09 Å². The topological polar surface area (TPSA) is 195 Å². The Labute approximate surface area is 325 Å². The van der Waals surface area contributed by atoms with Gasteiger partial charge in [0.05, 0.1) is 35.9 Å². The molecule has 0 radical (unpaired) electrons. The largest absolute Gasteiger partial charge is 0.497 e. The molecule has 4 aliphatic rings. The van der Waals surface area contributed by atoms with Crippen molar-refractivity contribution >= 4 is 44.9 Å². The van der Waals surface area contributed by atoms with Gasteiger partial charge in [-0.25, -0.2) is 32.0 Å². The third-order valence-corrected chi connectivity index (χ3v) is 13.1. The number of hydrogen-bond donors (Lipinski definition) is 3. The van der Waals surface area contributed by atoms with Crippen molar-refractivity contribution in [2.45, 2.75) is 134 Å². The summed E-state index contributed by atoms with van der Waals surface area (Å²) in [6.45, 7) is 8.43. The minimum atomic E-state index is -4.14. The lowest BCUT2D eigenvalue weighted by Gasteiger charge is -2.36. The van der Waals surface area contributed by atoms with Gasteiger partial charge in [-0.2, -0.15) is 0 Å². The molecule has 15 nitrogen and oxygen atoms in total. The lowest BCUT2D eigenvalue weighted by molar-refractivity contribution is -0.143. The molecule has 3 heterocycles. The Kier molecular flexibility index (Phi) is 11.7. The lowest BCUT2D eigenvalue weighted by Crippen LogP contribution is -2.61. The fraction of sp³-hybridized carbons (Fsp3) is 0.684. The highest BCUT2D eigenvalue weighted by Gasteiger charge is 2.67. The van der Waals surface area contributed by atoms with Crippen LogP contribution in [0.3, 0.4) is 0 Å². The fourth-order valence-electron chi connectivity index (χ4n) is 7.61. The Hall–Kier alpha value is -4.35. The van der Waals surface area contributed by atoms with Gasteiger partial charge in [-0.1, -0.05) is 40.5 Å². The Morgan fingerprint density at radius 1 is 1.04 bits per heavy atom. The number of alkyl halides is 2. The molecule has 56 heavy (non-hydrogen) atoms. The first-order chi connectivity index (χ1) is 26.3. The van der Waals surface area contributed by atoms with Crippen molar-refractivity contribution in [3.05, 3.63) is 23.9 Å². The number of rotatable bonds is 7. The van der Waals surface area contributed by atoms with Gasteiger partial charge in [-0.3, -0.25) is 19.1 Å². The first-order valence-corrected chi connectivity index (χ1v) is 20.8. The van der Waals surface area contributed by atoms with Crippen LogP contribution in [0.5, 0.6) is 11.6 Å². The molecule has 2 aromatic rings.